The van der Waals surface area contributed by atoms with Crippen molar-refractivity contribution in [3.8, 4) is 0 Å². The Kier molecular flexibility index (Phi) is 6.32. The number of carbonyl (C=O) groups is 1. The zero-order valence-electron chi connectivity index (χ0n) is 13.4. The predicted octanol–water partition coefficient (Wildman–Crippen LogP) is 2.26. The molecule has 0 unspecified atom stereocenters. The van der Waals surface area contributed by atoms with Gasteiger partial charge in [0.05, 0.1) is 0 Å². The molecule has 0 aromatic heterocycles. The highest BCUT2D eigenvalue weighted by molar-refractivity contribution is 5.92. The quantitative estimate of drug-likeness (QED) is 0.654. The van der Waals surface area contributed by atoms with Crippen molar-refractivity contribution in [2.75, 3.05) is 0 Å². The lowest BCUT2D eigenvalue weighted by Crippen LogP contribution is -2.38. The molecule has 2 rings (SSSR count). The summed E-state index contributed by atoms with van der Waals surface area (Å²) >= 11 is 0. The van der Waals surface area contributed by atoms with Crippen molar-refractivity contribution in [3.05, 3.63) is 71.3 Å². The van der Waals surface area contributed by atoms with Crippen LogP contribution in [0.1, 0.15) is 34.8 Å². The van der Waals surface area contributed by atoms with Crippen molar-refractivity contribution < 1.29 is 9.90 Å². The van der Waals surface area contributed by atoms with Crippen LogP contribution in [0.5, 0.6) is 0 Å². The number of primary amides is 1. The van der Waals surface area contributed by atoms with Crippen LogP contribution in [0.25, 0.3) is 0 Å². The molecule has 23 heavy (non-hydrogen) atoms. The molecule has 0 heterocycles. The Hall–Kier alpha value is -2.17. The molecule has 0 spiro atoms. The third kappa shape index (κ3) is 5.85. The normalized spacial score (nSPS) is 13.5. The fraction of sp³-hybridized carbons (Fsp3) is 0.316. The van der Waals surface area contributed by atoms with Crippen molar-refractivity contribution in [2.24, 2.45) is 5.73 Å². The SMILES string of the molecule is C[C@H](CCc1ccc(C(N)=O)cc1)N[C@H](O)Cc1ccccc1. The van der Waals surface area contributed by atoms with Gasteiger partial charge in [-0.05, 0) is 43.0 Å². The van der Waals surface area contributed by atoms with Crippen LogP contribution in [0.15, 0.2) is 54.6 Å². The summed E-state index contributed by atoms with van der Waals surface area (Å²) < 4.78 is 0. The Labute approximate surface area is 137 Å². The fourth-order valence-corrected chi connectivity index (χ4v) is 2.53. The van der Waals surface area contributed by atoms with Gasteiger partial charge in [-0.2, -0.15) is 0 Å². The minimum atomic E-state index is -0.551. The molecule has 0 radical (unpaired) electrons. The Morgan fingerprint density at radius 3 is 2.35 bits per heavy atom. The number of aliphatic hydroxyl groups excluding tert-OH is 1. The lowest BCUT2D eigenvalue weighted by atomic mass is 10.0. The molecule has 2 aromatic rings. The van der Waals surface area contributed by atoms with Gasteiger partial charge < -0.3 is 10.8 Å². The van der Waals surface area contributed by atoms with Crippen molar-refractivity contribution in [1.82, 2.24) is 5.32 Å². The molecule has 0 aliphatic heterocycles. The number of nitrogens with two attached hydrogens (primary N) is 1. The molecule has 4 N–H and O–H groups in total. The minimum absolute atomic E-state index is 0.199. The summed E-state index contributed by atoms with van der Waals surface area (Å²) in [6, 6.07) is 17.5. The predicted molar refractivity (Wildman–Crippen MR) is 92.0 cm³/mol. The van der Waals surface area contributed by atoms with Gasteiger partial charge in [-0.15, -0.1) is 0 Å². The van der Waals surface area contributed by atoms with Crippen molar-refractivity contribution >= 4 is 5.91 Å². The lowest BCUT2D eigenvalue weighted by Gasteiger charge is -2.19. The standard InChI is InChI=1S/C19H24N2O2/c1-14(21-18(22)13-16-5-3-2-4-6-16)7-8-15-9-11-17(12-10-15)19(20)23/h2-6,9-12,14,18,21-22H,7-8,13H2,1H3,(H2,20,23)/t14-,18-/m1/s1. The summed E-state index contributed by atoms with van der Waals surface area (Å²) in [4.78, 5) is 11.0. The summed E-state index contributed by atoms with van der Waals surface area (Å²) in [5.41, 5.74) is 8.02. The van der Waals surface area contributed by atoms with Gasteiger partial charge >= 0.3 is 0 Å². The van der Waals surface area contributed by atoms with Gasteiger partial charge in [-0.1, -0.05) is 42.5 Å². The molecular weight excluding hydrogens is 288 g/mol. The van der Waals surface area contributed by atoms with Crippen LogP contribution in [0.2, 0.25) is 0 Å². The average molecular weight is 312 g/mol. The second-order valence-corrected chi connectivity index (χ2v) is 5.87. The van der Waals surface area contributed by atoms with Crippen LogP contribution in [0.3, 0.4) is 0 Å². The van der Waals surface area contributed by atoms with E-state index in [2.05, 4.69) is 12.2 Å². The van der Waals surface area contributed by atoms with Gasteiger partial charge in [0.1, 0.15) is 6.23 Å². The molecule has 122 valence electrons. The summed E-state index contributed by atoms with van der Waals surface area (Å²) in [6.07, 6.45) is 1.83. The number of hydrogen-bond acceptors (Lipinski definition) is 3. The molecule has 0 bridgehead atoms. The van der Waals surface area contributed by atoms with E-state index in [4.69, 9.17) is 5.73 Å². The topological polar surface area (TPSA) is 75.4 Å². The van der Waals surface area contributed by atoms with Crippen LogP contribution in [0, 0.1) is 0 Å². The Morgan fingerprint density at radius 1 is 1.09 bits per heavy atom. The molecule has 0 saturated carbocycles. The van der Waals surface area contributed by atoms with Crippen LogP contribution in [-0.2, 0) is 12.8 Å². The largest absolute Gasteiger partial charge is 0.378 e. The number of hydrogen-bond donors (Lipinski definition) is 3. The molecule has 1 amide bonds. The van der Waals surface area contributed by atoms with Crippen molar-refractivity contribution in [3.63, 3.8) is 0 Å². The van der Waals surface area contributed by atoms with E-state index in [-0.39, 0.29) is 6.04 Å². The van der Waals surface area contributed by atoms with E-state index in [9.17, 15) is 9.90 Å². The van der Waals surface area contributed by atoms with Gasteiger partial charge in [0.2, 0.25) is 5.91 Å². The first kappa shape index (κ1) is 17.2. The Morgan fingerprint density at radius 2 is 1.74 bits per heavy atom. The molecule has 4 heteroatoms. The smallest absolute Gasteiger partial charge is 0.248 e. The van der Waals surface area contributed by atoms with Gasteiger partial charge in [0.25, 0.3) is 0 Å². The highest BCUT2D eigenvalue weighted by Crippen LogP contribution is 2.09. The number of amides is 1. The van der Waals surface area contributed by atoms with Crippen molar-refractivity contribution in [2.45, 2.75) is 38.5 Å². The van der Waals surface area contributed by atoms with E-state index < -0.39 is 12.1 Å². The van der Waals surface area contributed by atoms with Crippen LogP contribution < -0.4 is 11.1 Å². The highest BCUT2D eigenvalue weighted by Gasteiger charge is 2.10. The Bertz CT molecular complexity index is 611. The summed E-state index contributed by atoms with van der Waals surface area (Å²) in [7, 11) is 0. The maximum Gasteiger partial charge on any atom is 0.248 e. The third-order valence-electron chi connectivity index (χ3n) is 3.85. The summed E-state index contributed by atoms with van der Waals surface area (Å²) in [5, 5.41) is 13.3. The van der Waals surface area contributed by atoms with Crippen LogP contribution >= 0.6 is 0 Å². The number of aliphatic hydroxyl groups is 1. The first-order valence-electron chi connectivity index (χ1n) is 7.91. The van der Waals surface area contributed by atoms with E-state index in [0.29, 0.717) is 12.0 Å². The second-order valence-electron chi connectivity index (χ2n) is 5.87. The zero-order valence-corrected chi connectivity index (χ0v) is 13.4. The number of carbonyl (C=O) groups excluding carboxylic acids is 1. The number of benzene rings is 2. The maximum absolute atomic E-state index is 11.0. The first-order valence-corrected chi connectivity index (χ1v) is 7.91. The van der Waals surface area contributed by atoms with Crippen molar-refractivity contribution in [1.29, 1.82) is 0 Å². The summed E-state index contributed by atoms with van der Waals surface area (Å²) in [5.74, 6) is -0.407. The number of aryl methyl sites for hydroxylation is 1. The third-order valence-corrected chi connectivity index (χ3v) is 3.85. The first-order chi connectivity index (χ1) is 11.0. The lowest BCUT2D eigenvalue weighted by molar-refractivity contribution is 0.1000. The molecule has 0 saturated heterocycles. The number of nitrogens with one attached hydrogen (secondary N) is 1. The van der Waals surface area contributed by atoms with E-state index in [0.717, 1.165) is 24.0 Å². The average Bonchev–Trinajstić information content (AvgIpc) is 2.54. The molecule has 0 aliphatic rings. The van der Waals surface area contributed by atoms with Gasteiger partial charge in [0, 0.05) is 18.0 Å². The highest BCUT2D eigenvalue weighted by atomic mass is 16.3. The summed E-state index contributed by atoms with van der Waals surface area (Å²) in [6.45, 7) is 2.06. The van der Waals surface area contributed by atoms with Crippen LogP contribution in [-0.4, -0.2) is 23.3 Å². The monoisotopic (exact) mass is 312 g/mol. The van der Waals surface area contributed by atoms with Gasteiger partial charge in [-0.3, -0.25) is 10.1 Å². The Balaban J connectivity index is 1.76. The fourth-order valence-electron chi connectivity index (χ4n) is 2.53. The van der Waals surface area contributed by atoms with Gasteiger partial charge in [-0.25, -0.2) is 0 Å². The minimum Gasteiger partial charge on any atom is -0.378 e. The molecule has 0 aliphatic carbocycles. The van der Waals surface area contributed by atoms with Crippen LogP contribution in [0.4, 0.5) is 0 Å². The van der Waals surface area contributed by atoms with E-state index in [1.54, 1.807) is 12.1 Å². The zero-order chi connectivity index (χ0) is 16.7. The molecule has 2 aromatic carbocycles. The molecule has 2 atom stereocenters. The molecular formula is C19H24N2O2. The second kappa shape index (κ2) is 8.46. The number of rotatable bonds is 8. The van der Waals surface area contributed by atoms with E-state index in [1.165, 1.54) is 0 Å². The maximum atomic E-state index is 11.0. The molecule has 0 fully saturated rings. The van der Waals surface area contributed by atoms with Gasteiger partial charge in [0.15, 0.2) is 0 Å². The molecule has 4 nitrogen and oxygen atoms in total. The van der Waals surface area contributed by atoms with E-state index in [1.807, 2.05) is 42.5 Å². The van der Waals surface area contributed by atoms with E-state index >= 15 is 0 Å².